The van der Waals surface area contributed by atoms with Crippen LogP contribution in [0.5, 0.6) is 0 Å². The van der Waals surface area contributed by atoms with E-state index < -0.39 is 0 Å². The maximum atomic E-state index is 5.78. The van der Waals surface area contributed by atoms with E-state index >= 15 is 0 Å². The van der Waals surface area contributed by atoms with E-state index in [2.05, 4.69) is 25.7 Å². The molecule has 1 aliphatic rings. The molecule has 0 unspecified atom stereocenters. The molecule has 0 aromatic rings. The normalized spacial score (nSPS) is 18.6. The van der Waals surface area contributed by atoms with Gasteiger partial charge in [-0.15, -0.1) is 0 Å². The zero-order valence-electron chi connectivity index (χ0n) is 11.2. The van der Waals surface area contributed by atoms with Gasteiger partial charge in [-0.1, -0.05) is 12.8 Å². The van der Waals surface area contributed by atoms with E-state index in [1.807, 2.05) is 0 Å². The fourth-order valence-electron chi connectivity index (χ4n) is 2.38. The maximum Gasteiger partial charge on any atom is 0.0600 e. The average Bonchev–Trinajstić information content (AvgIpc) is 2.67. The second kappa shape index (κ2) is 6.58. The average molecular weight is 228 g/mol. The van der Waals surface area contributed by atoms with Crippen molar-refractivity contribution in [3.05, 3.63) is 0 Å². The fraction of sp³-hybridized carbons (Fsp3) is 1.00. The molecule has 2 N–H and O–H groups in total. The molecule has 0 spiro atoms. The van der Waals surface area contributed by atoms with Gasteiger partial charge >= 0.3 is 0 Å². The maximum absolute atomic E-state index is 5.78. The molecule has 96 valence electrons. The van der Waals surface area contributed by atoms with Crippen molar-refractivity contribution in [2.24, 2.45) is 5.73 Å². The molecular weight excluding hydrogens is 200 g/mol. The summed E-state index contributed by atoms with van der Waals surface area (Å²) in [5.74, 6) is 0. The second-order valence-corrected chi connectivity index (χ2v) is 5.72. The van der Waals surface area contributed by atoms with Crippen molar-refractivity contribution < 1.29 is 4.74 Å². The number of nitrogens with zero attached hydrogens (tertiary/aromatic N) is 1. The Morgan fingerprint density at radius 1 is 1.19 bits per heavy atom. The lowest BCUT2D eigenvalue weighted by Gasteiger charge is -2.29. The monoisotopic (exact) mass is 228 g/mol. The van der Waals surface area contributed by atoms with E-state index in [4.69, 9.17) is 10.5 Å². The van der Waals surface area contributed by atoms with Crippen LogP contribution in [0.2, 0.25) is 0 Å². The third kappa shape index (κ3) is 5.28. The number of nitrogens with two attached hydrogens (primary N) is 1. The summed E-state index contributed by atoms with van der Waals surface area (Å²) < 4.78 is 5.78. The highest BCUT2D eigenvalue weighted by atomic mass is 16.5. The molecule has 1 rings (SSSR count). The largest absolute Gasteiger partial charge is 0.375 e. The highest BCUT2D eigenvalue weighted by Gasteiger charge is 2.22. The van der Waals surface area contributed by atoms with Gasteiger partial charge in [0.05, 0.1) is 12.2 Å². The number of ether oxygens (including phenoxy) is 1. The Morgan fingerprint density at radius 3 is 2.31 bits per heavy atom. The molecular formula is C13H28N2O. The van der Waals surface area contributed by atoms with Crippen molar-refractivity contribution in [2.75, 3.05) is 26.2 Å². The lowest BCUT2D eigenvalue weighted by atomic mass is 10.2. The molecule has 1 saturated carbocycles. The van der Waals surface area contributed by atoms with Gasteiger partial charge < -0.3 is 10.5 Å². The van der Waals surface area contributed by atoms with Gasteiger partial charge in [-0.2, -0.15) is 0 Å². The van der Waals surface area contributed by atoms with Gasteiger partial charge in [0, 0.05) is 25.7 Å². The minimum Gasteiger partial charge on any atom is -0.375 e. The van der Waals surface area contributed by atoms with E-state index in [0.717, 1.165) is 32.3 Å². The van der Waals surface area contributed by atoms with Crippen molar-refractivity contribution in [1.82, 2.24) is 4.90 Å². The number of hydrogen-bond acceptors (Lipinski definition) is 3. The standard InChI is InChI=1S/C13H28N2O/c1-13(2,3)16-11-10-15(9-8-14)12-6-4-5-7-12/h12H,4-11,14H2,1-3H3. The van der Waals surface area contributed by atoms with E-state index in [1.54, 1.807) is 0 Å². The third-order valence-electron chi connectivity index (χ3n) is 3.17. The van der Waals surface area contributed by atoms with Crippen LogP contribution in [0.1, 0.15) is 46.5 Å². The van der Waals surface area contributed by atoms with Gasteiger partial charge in [-0.25, -0.2) is 0 Å². The van der Waals surface area contributed by atoms with Gasteiger partial charge in [0.15, 0.2) is 0 Å². The van der Waals surface area contributed by atoms with Crippen molar-refractivity contribution in [2.45, 2.75) is 58.1 Å². The lowest BCUT2D eigenvalue weighted by molar-refractivity contribution is -0.0170. The molecule has 0 amide bonds. The lowest BCUT2D eigenvalue weighted by Crippen LogP contribution is -2.40. The van der Waals surface area contributed by atoms with Crippen molar-refractivity contribution in [1.29, 1.82) is 0 Å². The SMILES string of the molecule is CC(C)(C)OCCN(CCN)C1CCCC1. The highest BCUT2D eigenvalue weighted by molar-refractivity contribution is 4.77. The first-order chi connectivity index (χ1) is 7.53. The summed E-state index contributed by atoms with van der Waals surface area (Å²) >= 11 is 0. The van der Waals surface area contributed by atoms with E-state index in [9.17, 15) is 0 Å². The Kier molecular flexibility index (Phi) is 5.73. The summed E-state index contributed by atoms with van der Waals surface area (Å²) in [6.07, 6.45) is 5.45. The second-order valence-electron chi connectivity index (χ2n) is 5.72. The summed E-state index contributed by atoms with van der Waals surface area (Å²) in [6, 6.07) is 0.757. The van der Waals surface area contributed by atoms with Crippen LogP contribution in [-0.2, 0) is 4.74 Å². The van der Waals surface area contributed by atoms with Crippen LogP contribution < -0.4 is 5.73 Å². The zero-order chi connectivity index (χ0) is 12.0. The molecule has 3 nitrogen and oxygen atoms in total. The molecule has 0 aromatic heterocycles. The fourth-order valence-corrected chi connectivity index (χ4v) is 2.38. The minimum atomic E-state index is -0.0237. The molecule has 0 bridgehead atoms. The van der Waals surface area contributed by atoms with Gasteiger partial charge in [0.1, 0.15) is 0 Å². The van der Waals surface area contributed by atoms with Crippen LogP contribution in [0.15, 0.2) is 0 Å². The van der Waals surface area contributed by atoms with Crippen molar-refractivity contribution in [3.8, 4) is 0 Å². The molecule has 0 aliphatic heterocycles. The number of rotatable bonds is 6. The Balaban J connectivity index is 2.27. The number of hydrogen-bond donors (Lipinski definition) is 1. The van der Waals surface area contributed by atoms with Crippen LogP contribution in [0.4, 0.5) is 0 Å². The van der Waals surface area contributed by atoms with Gasteiger partial charge in [-0.3, -0.25) is 4.90 Å². The summed E-state index contributed by atoms with van der Waals surface area (Å²) in [6.45, 7) is 9.94. The molecule has 0 aromatic carbocycles. The Morgan fingerprint density at radius 2 is 1.81 bits per heavy atom. The Labute approximate surface area is 100 Å². The first-order valence-electron chi connectivity index (χ1n) is 6.61. The van der Waals surface area contributed by atoms with Crippen LogP contribution in [-0.4, -0.2) is 42.8 Å². The zero-order valence-corrected chi connectivity index (χ0v) is 11.2. The van der Waals surface area contributed by atoms with Crippen molar-refractivity contribution >= 4 is 0 Å². The first kappa shape index (κ1) is 13.9. The van der Waals surface area contributed by atoms with Crippen LogP contribution in [0.25, 0.3) is 0 Å². The molecule has 0 heterocycles. The first-order valence-corrected chi connectivity index (χ1v) is 6.61. The quantitative estimate of drug-likeness (QED) is 0.756. The van der Waals surface area contributed by atoms with Crippen LogP contribution in [0, 0.1) is 0 Å². The Hall–Kier alpha value is -0.120. The van der Waals surface area contributed by atoms with Crippen LogP contribution in [0.3, 0.4) is 0 Å². The summed E-state index contributed by atoms with van der Waals surface area (Å²) in [5, 5.41) is 0. The van der Waals surface area contributed by atoms with Crippen LogP contribution >= 0.6 is 0 Å². The van der Waals surface area contributed by atoms with E-state index in [-0.39, 0.29) is 5.60 Å². The molecule has 1 aliphatic carbocycles. The molecule has 1 fully saturated rings. The predicted octanol–water partition coefficient (Wildman–Crippen LogP) is 2.00. The molecule has 3 heteroatoms. The molecule has 0 atom stereocenters. The van der Waals surface area contributed by atoms with E-state index in [1.165, 1.54) is 25.7 Å². The predicted molar refractivity (Wildman–Crippen MR) is 68.6 cm³/mol. The van der Waals surface area contributed by atoms with Crippen molar-refractivity contribution in [3.63, 3.8) is 0 Å². The molecule has 0 radical (unpaired) electrons. The highest BCUT2D eigenvalue weighted by Crippen LogP contribution is 2.23. The summed E-state index contributed by atoms with van der Waals surface area (Å²) in [4.78, 5) is 2.51. The third-order valence-corrected chi connectivity index (χ3v) is 3.17. The van der Waals surface area contributed by atoms with E-state index in [0.29, 0.717) is 0 Å². The van der Waals surface area contributed by atoms with Gasteiger partial charge in [0.25, 0.3) is 0 Å². The smallest absolute Gasteiger partial charge is 0.0600 e. The Bertz CT molecular complexity index is 183. The molecule has 0 saturated heterocycles. The molecule has 16 heavy (non-hydrogen) atoms. The minimum absolute atomic E-state index is 0.0237. The topological polar surface area (TPSA) is 38.5 Å². The van der Waals surface area contributed by atoms with Gasteiger partial charge in [-0.05, 0) is 33.6 Å². The summed E-state index contributed by atoms with van der Waals surface area (Å²) in [7, 11) is 0. The summed E-state index contributed by atoms with van der Waals surface area (Å²) in [5.41, 5.74) is 5.65. The van der Waals surface area contributed by atoms with Gasteiger partial charge in [0.2, 0.25) is 0 Å².